The lowest BCUT2D eigenvalue weighted by Crippen LogP contribution is -2.39. The maximum atomic E-state index is 12.2. The Labute approximate surface area is 118 Å². The van der Waals surface area contributed by atoms with Crippen LogP contribution in [0.1, 0.15) is 18.4 Å². The van der Waals surface area contributed by atoms with E-state index in [1.807, 2.05) is 12.1 Å². The van der Waals surface area contributed by atoms with E-state index < -0.39 is 0 Å². The van der Waals surface area contributed by atoms with Gasteiger partial charge in [-0.25, -0.2) is 0 Å². The Kier molecular flexibility index (Phi) is 4.61. The van der Waals surface area contributed by atoms with Gasteiger partial charge in [0.15, 0.2) is 0 Å². The van der Waals surface area contributed by atoms with Gasteiger partial charge in [-0.3, -0.25) is 9.59 Å². The molecule has 0 aliphatic carbocycles. The molecule has 1 aliphatic heterocycles. The summed E-state index contributed by atoms with van der Waals surface area (Å²) in [4.78, 5) is 25.2. The summed E-state index contributed by atoms with van der Waals surface area (Å²) < 4.78 is 10.4. The Morgan fingerprint density at radius 2 is 1.90 bits per heavy atom. The molecule has 0 N–H and O–H groups in total. The number of nitrogens with zero attached hydrogens (tertiary/aromatic N) is 1. The zero-order valence-corrected chi connectivity index (χ0v) is 11.8. The first-order valence-corrected chi connectivity index (χ1v) is 6.64. The lowest BCUT2D eigenvalue weighted by atomic mass is 10.1. The van der Waals surface area contributed by atoms with Gasteiger partial charge >= 0.3 is 0 Å². The topological polar surface area (TPSA) is 55.8 Å². The lowest BCUT2D eigenvalue weighted by molar-refractivity contribution is -0.133. The number of ether oxygens (including phenoxy) is 2. The van der Waals surface area contributed by atoms with Gasteiger partial charge in [0.2, 0.25) is 5.91 Å². The molecule has 2 rings (SSSR count). The highest BCUT2D eigenvalue weighted by atomic mass is 16.5. The van der Waals surface area contributed by atoms with E-state index in [1.54, 1.807) is 25.2 Å². The molecule has 1 saturated heterocycles. The molecule has 0 unspecified atom stereocenters. The van der Waals surface area contributed by atoms with Crippen LogP contribution in [0.25, 0.3) is 0 Å². The molecular formula is C15H19NO4. The van der Waals surface area contributed by atoms with Crippen molar-refractivity contribution in [1.29, 1.82) is 0 Å². The predicted octanol–water partition coefficient (Wildman–Crippen LogP) is 1.44. The summed E-state index contributed by atoms with van der Waals surface area (Å²) >= 11 is 0. The number of amides is 1. The van der Waals surface area contributed by atoms with Crippen LogP contribution in [0.2, 0.25) is 0 Å². The Morgan fingerprint density at radius 3 is 2.50 bits per heavy atom. The van der Waals surface area contributed by atoms with Gasteiger partial charge in [0, 0.05) is 37.6 Å². The largest absolute Gasteiger partial charge is 0.497 e. The number of methoxy groups -OCH3 is 2. The summed E-state index contributed by atoms with van der Waals surface area (Å²) in [5, 5.41) is 0. The molecule has 20 heavy (non-hydrogen) atoms. The lowest BCUT2D eigenvalue weighted by Gasteiger charge is -2.26. The molecule has 5 nitrogen and oxygen atoms in total. The number of hydrogen-bond acceptors (Lipinski definition) is 4. The van der Waals surface area contributed by atoms with Gasteiger partial charge in [-0.2, -0.15) is 0 Å². The summed E-state index contributed by atoms with van der Waals surface area (Å²) in [6, 6.07) is 5.41. The van der Waals surface area contributed by atoms with Gasteiger partial charge in [0.1, 0.15) is 17.3 Å². The Balaban J connectivity index is 2.05. The minimum Gasteiger partial charge on any atom is -0.497 e. The highest BCUT2D eigenvalue weighted by molar-refractivity contribution is 5.84. The van der Waals surface area contributed by atoms with Gasteiger partial charge in [-0.05, 0) is 6.07 Å². The molecule has 0 bridgehead atoms. The second-order valence-electron chi connectivity index (χ2n) is 4.77. The van der Waals surface area contributed by atoms with Crippen LogP contribution >= 0.6 is 0 Å². The number of rotatable bonds is 4. The first-order chi connectivity index (χ1) is 9.63. The van der Waals surface area contributed by atoms with E-state index in [1.165, 1.54) is 0 Å². The maximum Gasteiger partial charge on any atom is 0.227 e. The number of carbonyl (C=O) groups excluding carboxylic acids is 2. The van der Waals surface area contributed by atoms with Crippen LogP contribution in [-0.2, 0) is 16.0 Å². The number of Topliss-reactive ketones (excluding diaryl/α,β-unsaturated/α-hetero) is 1. The van der Waals surface area contributed by atoms with Crippen LogP contribution in [0.4, 0.5) is 0 Å². The number of ketones is 1. The van der Waals surface area contributed by atoms with Crippen LogP contribution < -0.4 is 9.47 Å². The summed E-state index contributed by atoms with van der Waals surface area (Å²) in [7, 11) is 3.16. The van der Waals surface area contributed by atoms with Crippen molar-refractivity contribution in [3.63, 3.8) is 0 Å². The molecule has 1 heterocycles. The summed E-state index contributed by atoms with van der Waals surface area (Å²) in [5.41, 5.74) is 0.829. The van der Waals surface area contributed by atoms with Crippen molar-refractivity contribution in [1.82, 2.24) is 4.90 Å². The fourth-order valence-corrected chi connectivity index (χ4v) is 2.28. The smallest absolute Gasteiger partial charge is 0.227 e. The van der Waals surface area contributed by atoms with Crippen molar-refractivity contribution in [2.45, 2.75) is 19.3 Å². The van der Waals surface area contributed by atoms with E-state index in [0.717, 1.165) is 5.56 Å². The Bertz CT molecular complexity index is 503. The van der Waals surface area contributed by atoms with Gasteiger partial charge in [-0.15, -0.1) is 0 Å². The third kappa shape index (κ3) is 3.29. The van der Waals surface area contributed by atoms with Crippen molar-refractivity contribution < 1.29 is 19.1 Å². The van der Waals surface area contributed by atoms with Crippen LogP contribution in [0, 0.1) is 0 Å². The molecule has 0 spiro atoms. The molecule has 0 saturated carbocycles. The summed E-state index contributed by atoms with van der Waals surface area (Å²) in [6.45, 7) is 1.05. The highest BCUT2D eigenvalue weighted by Gasteiger charge is 2.21. The SMILES string of the molecule is COc1ccc(CC(=O)N2CCC(=O)CC2)c(OC)c1. The highest BCUT2D eigenvalue weighted by Crippen LogP contribution is 2.25. The van der Waals surface area contributed by atoms with Gasteiger partial charge in [-0.1, -0.05) is 6.07 Å². The molecule has 1 amide bonds. The van der Waals surface area contributed by atoms with Gasteiger partial charge in [0.05, 0.1) is 20.6 Å². The van der Waals surface area contributed by atoms with Crippen molar-refractivity contribution in [2.24, 2.45) is 0 Å². The minimum atomic E-state index is 0.0287. The van der Waals surface area contributed by atoms with Crippen LogP contribution in [0.3, 0.4) is 0 Å². The van der Waals surface area contributed by atoms with E-state index in [0.29, 0.717) is 37.4 Å². The second-order valence-corrected chi connectivity index (χ2v) is 4.77. The Morgan fingerprint density at radius 1 is 1.20 bits per heavy atom. The van der Waals surface area contributed by atoms with E-state index in [4.69, 9.17) is 9.47 Å². The van der Waals surface area contributed by atoms with E-state index in [9.17, 15) is 9.59 Å². The molecule has 1 aromatic carbocycles. The fourth-order valence-electron chi connectivity index (χ4n) is 2.28. The molecule has 1 fully saturated rings. The van der Waals surface area contributed by atoms with Crippen LogP contribution in [0.5, 0.6) is 11.5 Å². The van der Waals surface area contributed by atoms with Gasteiger partial charge < -0.3 is 14.4 Å². The number of hydrogen-bond donors (Lipinski definition) is 0. The Hall–Kier alpha value is -2.04. The third-order valence-electron chi connectivity index (χ3n) is 3.51. The van der Waals surface area contributed by atoms with Crippen LogP contribution in [0.15, 0.2) is 18.2 Å². The normalized spacial score (nSPS) is 15.1. The zero-order valence-electron chi connectivity index (χ0n) is 11.8. The van der Waals surface area contributed by atoms with E-state index >= 15 is 0 Å². The quantitative estimate of drug-likeness (QED) is 0.835. The van der Waals surface area contributed by atoms with Crippen molar-refractivity contribution in [2.75, 3.05) is 27.3 Å². The molecular weight excluding hydrogens is 258 g/mol. The first kappa shape index (κ1) is 14.4. The first-order valence-electron chi connectivity index (χ1n) is 6.64. The zero-order chi connectivity index (χ0) is 14.5. The molecule has 1 aromatic rings. The summed E-state index contributed by atoms with van der Waals surface area (Å²) in [6.07, 6.45) is 1.21. The molecule has 108 valence electrons. The minimum absolute atomic E-state index is 0.0287. The van der Waals surface area contributed by atoms with E-state index in [2.05, 4.69) is 0 Å². The molecule has 0 radical (unpaired) electrons. The standard InChI is InChI=1S/C15H19NO4/c1-19-13-4-3-11(14(10-13)20-2)9-15(18)16-7-5-12(17)6-8-16/h3-4,10H,5-9H2,1-2H3. The number of carbonyl (C=O) groups is 2. The summed E-state index contributed by atoms with van der Waals surface area (Å²) in [5.74, 6) is 1.60. The van der Waals surface area contributed by atoms with Crippen LogP contribution in [-0.4, -0.2) is 43.9 Å². The molecule has 1 aliphatic rings. The van der Waals surface area contributed by atoms with Crippen molar-refractivity contribution in [3.8, 4) is 11.5 Å². The average molecular weight is 277 g/mol. The number of likely N-dealkylation sites (tertiary alicyclic amines) is 1. The van der Waals surface area contributed by atoms with Crippen molar-refractivity contribution >= 4 is 11.7 Å². The predicted molar refractivity (Wildman–Crippen MR) is 74.1 cm³/mol. The fraction of sp³-hybridized carbons (Fsp3) is 0.467. The van der Waals surface area contributed by atoms with Crippen molar-refractivity contribution in [3.05, 3.63) is 23.8 Å². The maximum absolute atomic E-state index is 12.2. The average Bonchev–Trinajstić information content (AvgIpc) is 2.48. The second kappa shape index (κ2) is 6.41. The molecule has 0 aromatic heterocycles. The number of benzene rings is 1. The van der Waals surface area contributed by atoms with E-state index in [-0.39, 0.29) is 18.1 Å². The molecule has 5 heteroatoms. The van der Waals surface area contributed by atoms with Gasteiger partial charge in [0.25, 0.3) is 0 Å². The number of piperidine rings is 1. The third-order valence-corrected chi connectivity index (χ3v) is 3.51. The molecule has 0 atom stereocenters. The monoisotopic (exact) mass is 277 g/mol.